The zero-order chi connectivity index (χ0) is 17.3. The van der Waals surface area contributed by atoms with E-state index in [0.717, 1.165) is 24.1 Å². The lowest BCUT2D eigenvalue weighted by atomic mass is 10.00. The van der Waals surface area contributed by atoms with Gasteiger partial charge in [0.05, 0.1) is 0 Å². The van der Waals surface area contributed by atoms with Gasteiger partial charge in [0.15, 0.2) is 0 Å². The third-order valence-corrected chi connectivity index (χ3v) is 2.54. The van der Waals surface area contributed by atoms with Gasteiger partial charge in [-0.05, 0) is 31.0 Å². The minimum atomic E-state index is -0.00962. The molecule has 3 heteroatoms. The molecule has 0 aromatic heterocycles. The molecule has 0 radical (unpaired) electrons. The first-order chi connectivity index (χ1) is 10.1. The lowest BCUT2D eigenvalue weighted by molar-refractivity contribution is -0.108. The third-order valence-electron chi connectivity index (χ3n) is 2.54. The van der Waals surface area contributed by atoms with Crippen molar-refractivity contribution in [2.24, 2.45) is 0 Å². The number of rotatable bonds is 4. The van der Waals surface area contributed by atoms with Gasteiger partial charge < -0.3 is 14.8 Å². The Morgan fingerprint density at radius 2 is 1.71 bits per heavy atom. The van der Waals surface area contributed by atoms with Crippen LogP contribution in [0, 0.1) is 6.92 Å². The van der Waals surface area contributed by atoms with E-state index in [1.54, 1.807) is 7.11 Å². The number of benzene rings is 1. The predicted molar refractivity (Wildman–Crippen MR) is 95.5 cm³/mol. The zero-order valence-corrected chi connectivity index (χ0v) is 15.4. The number of hydrogen-bond acceptors (Lipinski definition) is 3. The molecular weight excluding hydrogens is 262 g/mol. The number of nitrogens with one attached hydrogen (secondary N) is 1. The number of aldehydes is 1. The molecule has 0 aliphatic heterocycles. The largest absolute Gasteiger partial charge is 0.388 e. The molecule has 1 aromatic rings. The van der Waals surface area contributed by atoms with Gasteiger partial charge in [-0.25, -0.2) is 0 Å². The van der Waals surface area contributed by atoms with Gasteiger partial charge in [-0.15, -0.1) is 0 Å². The van der Waals surface area contributed by atoms with Crippen LogP contribution >= 0.6 is 0 Å². The summed E-state index contributed by atoms with van der Waals surface area (Å²) in [6, 6.07) is 6.04. The van der Waals surface area contributed by atoms with Gasteiger partial charge in [-0.2, -0.15) is 0 Å². The highest BCUT2D eigenvalue weighted by Crippen LogP contribution is 2.20. The number of carbonyl (C=O) groups excluding carboxylic acids is 1. The number of carbonyl (C=O) groups is 1. The number of anilines is 1. The summed E-state index contributed by atoms with van der Waals surface area (Å²) in [5.41, 5.74) is 3.36. The molecule has 0 aliphatic carbocycles. The number of hydrogen-bond donors (Lipinski definition) is 1. The maximum absolute atomic E-state index is 10.6. The van der Waals surface area contributed by atoms with E-state index in [1.165, 1.54) is 5.56 Å². The van der Waals surface area contributed by atoms with E-state index in [2.05, 4.69) is 10.1 Å². The molecule has 1 unspecified atom stereocenters. The monoisotopic (exact) mass is 297 g/mol. The lowest BCUT2D eigenvalue weighted by Crippen LogP contribution is -1.97. The lowest BCUT2D eigenvalue weighted by Gasteiger charge is -2.09. The van der Waals surface area contributed by atoms with Gasteiger partial charge in [-0.3, -0.25) is 0 Å². The summed E-state index contributed by atoms with van der Waals surface area (Å²) in [5.74, 6) is -0.00962. The fourth-order valence-corrected chi connectivity index (χ4v) is 1.33. The zero-order valence-electron chi connectivity index (χ0n) is 15.4. The van der Waals surface area contributed by atoms with E-state index in [1.807, 2.05) is 73.7 Å². The normalized spacial score (nSPS) is 9.57. The highest BCUT2D eigenvalue weighted by molar-refractivity contribution is 5.63. The fraction of sp³-hybridized carbons (Fsp3) is 0.611. The number of ether oxygens (including phenoxy) is 1. The van der Waals surface area contributed by atoms with Crippen LogP contribution in [0.1, 0.15) is 58.6 Å². The number of methoxy groups -OCH3 is 1. The highest BCUT2D eigenvalue weighted by Gasteiger charge is 2.04. The Morgan fingerprint density at radius 1 is 1.24 bits per heavy atom. The average Bonchev–Trinajstić information content (AvgIpc) is 2.57. The molecule has 1 aromatic carbocycles. The molecule has 0 saturated heterocycles. The van der Waals surface area contributed by atoms with Crippen molar-refractivity contribution in [1.29, 1.82) is 0 Å². The molecule has 1 rings (SSSR count). The van der Waals surface area contributed by atoms with Gasteiger partial charge in [-0.1, -0.05) is 46.8 Å². The fourth-order valence-electron chi connectivity index (χ4n) is 1.33. The van der Waals surface area contributed by atoms with E-state index in [4.69, 9.17) is 0 Å². The van der Waals surface area contributed by atoms with E-state index < -0.39 is 0 Å². The van der Waals surface area contributed by atoms with Crippen molar-refractivity contribution in [3.8, 4) is 0 Å². The molecule has 0 aliphatic rings. The van der Waals surface area contributed by atoms with Crippen LogP contribution < -0.4 is 5.32 Å². The second kappa shape index (κ2) is 18.7. The van der Waals surface area contributed by atoms with Crippen LogP contribution in [0.15, 0.2) is 18.2 Å². The minimum Gasteiger partial charge on any atom is -0.388 e. The van der Waals surface area contributed by atoms with Gasteiger partial charge >= 0.3 is 0 Å². The first kappa shape index (κ1) is 24.7. The maximum Gasteiger partial charge on any atom is 0.127 e. The standard InChI is InChI=1S/C11H15NO.C3H8O.2C2H6/c1-8-6-10(9(2)7-13)4-5-11(8)12-3;1-3-4-2;2*1-2/h4-7,9,12H,1-3H3;3H2,1-2H3;2*1-2H3. The average molecular weight is 297 g/mol. The first-order valence-corrected chi connectivity index (χ1v) is 7.83. The smallest absolute Gasteiger partial charge is 0.127 e. The molecule has 21 heavy (non-hydrogen) atoms. The maximum atomic E-state index is 10.6. The summed E-state index contributed by atoms with van der Waals surface area (Å²) in [6.07, 6.45) is 0.966. The summed E-state index contributed by atoms with van der Waals surface area (Å²) in [6.45, 7) is 14.7. The molecule has 124 valence electrons. The Labute approximate surface area is 132 Å². The summed E-state index contributed by atoms with van der Waals surface area (Å²) >= 11 is 0. The van der Waals surface area contributed by atoms with Gasteiger partial charge in [0.2, 0.25) is 0 Å². The van der Waals surface area contributed by atoms with Crippen LogP contribution in [-0.4, -0.2) is 27.1 Å². The third kappa shape index (κ3) is 12.1. The predicted octanol–water partition coefficient (Wildman–Crippen LogP) is 5.04. The Balaban J connectivity index is -0.000000343. The minimum absolute atomic E-state index is 0.00962. The molecule has 0 saturated carbocycles. The molecule has 0 bridgehead atoms. The Morgan fingerprint density at radius 3 is 2.00 bits per heavy atom. The molecule has 0 heterocycles. The summed E-state index contributed by atoms with van der Waals surface area (Å²) < 4.78 is 4.54. The van der Waals surface area contributed by atoms with Crippen molar-refractivity contribution in [3.05, 3.63) is 29.3 Å². The van der Waals surface area contributed by atoms with Crippen LogP contribution in [0.2, 0.25) is 0 Å². The second-order valence-corrected chi connectivity index (χ2v) is 3.83. The van der Waals surface area contributed by atoms with E-state index in [0.29, 0.717) is 0 Å². The first-order valence-electron chi connectivity index (χ1n) is 7.83. The summed E-state index contributed by atoms with van der Waals surface area (Å²) in [5, 5.41) is 3.09. The van der Waals surface area contributed by atoms with Crippen molar-refractivity contribution < 1.29 is 9.53 Å². The van der Waals surface area contributed by atoms with Crippen molar-refractivity contribution in [1.82, 2.24) is 0 Å². The van der Waals surface area contributed by atoms with E-state index in [-0.39, 0.29) is 5.92 Å². The summed E-state index contributed by atoms with van der Waals surface area (Å²) in [7, 11) is 3.57. The van der Waals surface area contributed by atoms with Crippen LogP contribution in [0.5, 0.6) is 0 Å². The van der Waals surface area contributed by atoms with Crippen molar-refractivity contribution in [3.63, 3.8) is 0 Å². The highest BCUT2D eigenvalue weighted by atomic mass is 16.5. The van der Waals surface area contributed by atoms with E-state index >= 15 is 0 Å². The van der Waals surface area contributed by atoms with Gasteiger partial charge in [0, 0.05) is 32.4 Å². The molecule has 3 nitrogen and oxygen atoms in total. The van der Waals surface area contributed by atoms with Crippen molar-refractivity contribution in [2.75, 3.05) is 26.1 Å². The summed E-state index contributed by atoms with van der Waals surface area (Å²) in [4.78, 5) is 10.6. The van der Waals surface area contributed by atoms with Crippen LogP contribution in [0.3, 0.4) is 0 Å². The quantitative estimate of drug-likeness (QED) is 0.791. The molecular formula is C18H35NO2. The van der Waals surface area contributed by atoms with Gasteiger partial charge in [0.25, 0.3) is 0 Å². The van der Waals surface area contributed by atoms with Crippen LogP contribution in [0.25, 0.3) is 0 Å². The topological polar surface area (TPSA) is 38.3 Å². The Kier molecular flexibility index (Phi) is 21.9. The Hall–Kier alpha value is -1.35. The molecule has 1 N–H and O–H groups in total. The van der Waals surface area contributed by atoms with Gasteiger partial charge in [0.1, 0.15) is 6.29 Å². The molecule has 1 atom stereocenters. The number of aryl methyl sites for hydroxylation is 1. The second-order valence-electron chi connectivity index (χ2n) is 3.83. The van der Waals surface area contributed by atoms with Crippen molar-refractivity contribution >= 4 is 12.0 Å². The Bertz CT molecular complexity index is 336. The SMILES string of the molecule is CC.CC.CCOC.CNc1ccc(C(C)C=O)cc1C. The molecule has 0 spiro atoms. The van der Waals surface area contributed by atoms with Crippen LogP contribution in [-0.2, 0) is 9.53 Å². The van der Waals surface area contributed by atoms with Crippen LogP contribution in [0.4, 0.5) is 5.69 Å². The molecule has 0 fully saturated rings. The van der Waals surface area contributed by atoms with E-state index in [9.17, 15) is 4.79 Å². The molecule has 0 amide bonds. The van der Waals surface area contributed by atoms with Crippen molar-refractivity contribution in [2.45, 2.75) is 54.4 Å².